The monoisotopic (exact) mass is 316 g/mol. The fraction of sp³-hybridized carbons (Fsp3) is 0.600. The second kappa shape index (κ2) is 5.64. The lowest BCUT2D eigenvalue weighted by atomic mass is 9.46. The van der Waals surface area contributed by atoms with Gasteiger partial charge in [0, 0.05) is 11.5 Å². The van der Waals surface area contributed by atoms with Crippen molar-refractivity contribution in [2.45, 2.75) is 52.2 Å². The molecule has 0 spiro atoms. The first-order valence-electron chi connectivity index (χ1n) is 8.52. The van der Waals surface area contributed by atoms with Gasteiger partial charge in [-0.15, -0.1) is 0 Å². The van der Waals surface area contributed by atoms with E-state index in [1.807, 2.05) is 12.1 Å². The minimum absolute atomic E-state index is 0.00975. The van der Waals surface area contributed by atoms with Crippen LogP contribution >= 0.6 is 0 Å². The molecule has 1 aromatic rings. The summed E-state index contributed by atoms with van der Waals surface area (Å²) in [5.41, 5.74) is 1.66. The van der Waals surface area contributed by atoms with Crippen molar-refractivity contribution in [3.63, 3.8) is 0 Å². The molecule has 5 atom stereocenters. The second-order valence-corrected chi connectivity index (χ2v) is 8.23. The molecule has 3 nitrogen and oxygen atoms in total. The summed E-state index contributed by atoms with van der Waals surface area (Å²) in [5.74, 6) is 0.114. The molecule has 0 aliphatic heterocycles. The summed E-state index contributed by atoms with van der Waals surface area (Å²) >= 11 is 0. The van der Waals surface area contributed by atoms with Crippen molar-refractivity contribution < 1.29 is 14.6 Å². The maximum Gasteiger partial charge on any atom is 0.102 e. The molecular formula is C20H28O3. The Hall–Kier alpha value is -1.32. The van der Waals surface area contributed by atoms with E-state index >= 15 is 0 Å². The smallest absolute Gasteiger partial charge is 0.102 e. The van der Waals surface area contributed by atoms with Crippen LogP contribution in [0.1, 0.15) is 45.6 Å². The molecule has 0 unspecified atom stereocenters. The fourth-order valence-electron chi connectivity index (χ4n) is 5.26. The average molecular weight is 316 g/mol. The van der Waals surface area contributed by atoms with Gasteiger partial charge in [0.25, 0.3) is 0 Å². The number of allylic oxidation sites excluding steroid dienone is 1. The molecule has 2 fully saturated rings. The van der Waals surface area contributed by atoms with Crippen LogP contribution in [-0.2, 0) is 0 Å². The van der Waals surface area contributed by atoms with Crippen molar-refractivity contribution in [3.05, 3.63) is 42.4 Å². The van der Waals surface area contributed by atoms with Crippen LogP contribution in [0.2, 0.25) is 0 Å². The van der Waals surface area contributed by atoms with Crippen LogP contribution in [0.25, 0.3) is 6.08 Å². The van der Waals surface area contributed by atoms with Crippen LogP contribution in [0.4, 0.5) is 0 Å². The highest BCUT2D eigenvalue weighted by molar-refractivity contribution is 5.49. The summed E-state index contributed by atoms with van der Waals surface area (Å²) in [4.78, 5) is 0. The molecular weight excluding hydrogens is 288 g/mol. The minimum Gasteiger partial charge on any atom is -0.472 e. The summed E-state index contributed by atoms with van der Waals surface area (Å²) in [6.07, 6.45) is 9.22. The molecule has 0 radical (unpaired) electrons. The Balaban J connectivity index is 2.01. The maximum absolute atomic E-state index is 10.8. The highest BCUT2D eigenvalue weighted by Gasteiger charge is 2.58. The molecule has 0 saturated heterocycles. The summed E-state index contributed by atoms with van der Waals surface area (Å²) < 4.78 is 5.12. The third kappa shape index (κ3) is 2.60. The summed E-state index contributed by atoms with van der Waals surface area (Å²) in [5, 5.41) is 21.3. The fourth-order valence-corrected chi connectivity index (χ4v) is 5.26. The lowest BCUT2D eigenvalue weighted by Gasteiger charge is -2.60. The quantitative estimate of drug-likeness (QED) is 0.810. The Morgan fingerprint density at radius 3 is 2.65 bits per heavy atom. The molecule has 1 heterocycles. The average Bonchev–Trinajstić information content (AvgIpc) is 2.97. The molecule has 2 aliphatic rings. The van der Waals surface area contributed by atoms with Crippen molar-refractivity contribution in [2.24, 2.45) is 22.7 Å². The predicted molar refractivity (Wildman–Crippen MR) is 91.6 cm³/mol. The molecule has 0 aromatic carbocycles. The zero-order valence-corrected chi connectivity index (χ0v) is 14.3. The predicted octanol–water partition coefficient (Wildman–Crippen LogP) is 4.03. The zero-order valence-electron chi connectivity index (χ0n) is 14.3. The molecule has 23 heavy (non-hydrogen) atoms. The number of aliphatic hydroxyl groups is 2. The Kier molecular flexibility index (Phi) is 4.06. The van der Waals surface area contributed by atoms with E-state index in [9.17, 15) is 10.2 Å². The van der Waals surface area contributed by atoms with Crippen molar-refractivity contribution in [3.8, 4) is 0 Å². The van der Waals surface area contributed by atoms with Crippen LogP contribution in [0.3, 0.4) is 0 Å². The lowest BCUT2D eigenvalue weighted by Crippen LogP contribution is -2.59. The normalized spacial score (nSPS) is 40.3. The SMILES string of the molecule is C=C1[C@@H](O)[C@@H](O)[C@@H]2C(C)(C)CCC[C@]2(C)[C@@H]1/C=C/c1ccoc1. The van der Waals surface area contributed by atoms with E-state index in [-0.39, 0.29) is 22.7 Å². The lowest BCUT2D eigenvalue weighted by molar-refractivity contribution is -0.150. The number of aliphatic hydroxyl groups excluding tert-OH is 2. The van der Waals surface area contributed by atoms with Crippen molar-refractivity contribution in [1.29, 1.82) is 0 Å². The van der Waals surface area contributed by atoms with Crippen LogP contribution in [0, 0.1) is 22.7 Å². The van der Waals surface area contributed by atoms with Crippen molar-refractivity contribution >= 4 is 6.08 Å². The van der Waals surface area contributed by atoms with Gasteiger partial charge in [-0.3, -0.25) is 0 Å². The molecule has 126 valence electrons. The highest BCUT2D eigenvalue weighted by Crippen LogP contribution is 2.61. The van der Waals surface area contributed by atoms with E-state index in [4.69, 9.17) is 4.42 Å². The molecule has 2 N–H and O–H groups in total. The van der Waals surface area contributed by atoms with E-state index in [0.29, 0.717) is 0 Å². The first kappa shape index (κ1) is 16.5. The van der Waals surface area contributed by atoms with Crippen LogP contribution in [-0.4, -0.2) is 22.4 Å². The van der Waals surface area contributed by atoms with Crippen LogP contribution in [0.5, 0.6) is 0 Å². The number of rotatable bonds is 2. The first-order chi connectivity index (χ1) is 10.8. The summed E-state index contributed by atoms with van der Waals surface area (Å²) in [6, 6.07) is 1.91. The first-order valence-corrected chi connectivity index (χ1v) is 8.52. The molecule has 0 amide bonds. The third-order valence-electron chi connectivity index (χ3n) is 6.27. The van der Waals surface area contributed by atoms with Gasteiger partial charge in [-0.25, -0.2) is 0 Å². The Bertz CT molecular complexity index is 598. The molecule has 1 aromatic heterocycles. The maximum atomic E-state index is 10.8. The van der Waals surface area contributed by atoms with Gasteiger partial charge in [-0.05, 0) is 41.2 Å². The van der Waals surface area contributed by atoms with Crippen molar-refractivity contribution in [1.82, 2.24) is 0 Å². The molecule has 3 rings (SSSR count). The van der Waals surface area contributed by atoms with E-state index in [0.717, 1.165) is 30.4 Å². The van der Waals surface area contributed by atoms with E-state index in [2.05, 4.69) is 33.4 Å². The molecule has 2 aliphatic carbocycles. The highest BCUT2D eigenvalue weighted by atomic mass is 16.3. The zero-order chi connectivity index (χ0) is 16.8. The third-order valence-corrected chi connectivity index (χ3v) is 6.27. The standard InChI is InChI=1S/C20H28O3/c1-13-15(7-6-14-8-11-23-12-14)20(4)10-5-9-19(2,3)18(20)17(22)16(13)21/h6-8,11-12,15-18,21-22H,1,5,9-10H2,2-4H3/b7-6+/t15-,16-,17-,18-,20-/m1/s1. The number of furan rings is 1. The second-order valence-electron chi connectivity index (χ2n) is 8.23. The van der Waals surface area contributed by atoms with Crippen LogP contribution in [0.15, 0.2) is 41.2 Å². The van der Waals surface area contributed by atoms with Gasteiger partial charge in [0.1, 0.15) is 6.10 Å². The van der Waals surface area contributed by atoms with Gasteiger partial charge in [0.15, 0.2) is 0 Å². The van der Waals surface area contributed by atoms with E-state index < -0.39 is 12.2 Å². The Labute approximate surface area is 138 Å². The Morgan fingerprint density at radius 2 is 2.00 bits per heavy atom. The number of hydrogen-bond acceptors (Lipinski definition) is 3. The topological polar surface area (TPSA) is 53.6 Å². The van der Waals surface area contributed by atoms with Gasteiger partial charge in [-0.2, -0.15) is 0 Å². The molecule has 0 bridgehead atoms. The number of hydrogen-bond donors (Lipinski definition) is 2. The van der Waals surface area contributed by atoms with Gasteiger partial charge < -0.3 is 14.6 Å². The van der Waals surface area contributed by atoms with E-state index in [1.54, 1.807) is 12.5 Å². The van der Waals surface area contributed by atoms with Crippen LogP contribution < -0.4 is 0 Å². The van der Waals surface area contributed by atoms with Crippen molar-refractivity contribution in [2.75, 3.05) is 0 Å². The minimum atomic E-state index is -0.857. The van der Waals surface area contributed by atoms with E-state index in [1.165, 1.54) is 0 Å². The molecule has 2 saturated carbocycles. The Morgan fingerprint density at radius 1 is 1.26 bits per heavy atom. The molecule has 3 heteroatoms. The summed E-state index contributed by atoms with van der Waals surface area (Å²) in [6.45, 7) is 10.8. The largest absolute Gasteiger partial charge is 0.472 e. The van der Waals surface area contributed by atoms with Gasteiger partial charge in [0.05, 0.1) is 18.6 Å². The van der Waals surface area contributed by atoms with Gasteiger partial charge in [-0.1, -0.05) is 45.9 Å². The van der Waals surface area contributed by atoms with Gasteiger partial charge in [0.2, 0.25) is 0 Å². The number of fused-ring (bicyclic) bond motifs is 1. The van der Waals surface area contributed by atoms with Gasteiger partial charge >= 0.3 is 0 Å². The summed E-state index contributed by atoms with van der Waals surface area (Å²) in [7, 11) is 0.